The summed E-state index contributed by atoms with van der Waals surface area (Å²) in [4.78, 5) is 11.8. The molecular formula is C16H30O2. The molecule has 1 aliphatic carbocycles. The van der Waals surface area contributed by atoms with Crippen LogP contribution in [0.1, 0.15) is 73.1 Å². The zero-order valence-corrected chi connectivity index (χ0v) is 12.8. The lowest BCUT2D eigenvalue weighted by atomic mass is 9.75. The van der Waals surface area contributed by atoms with E-state index in [9.17, 15) is 4.79 Å². The first kappa shape index (κ1) is 15.5. The summed E-state index contributed by atoms with van der Waals surface area (Å²) in [5.41, 5.74) is -0.342. The van der Waals surface area contributed by atoms with Crippen molar-refractivity contribution in [2.45, 2.75) is 78.7 Å². The lowest BCUT2D eigenvalue weighted by Gasteiger charge is -2.32. The molecule has 0 aliphatic heterocycles. The first-order valence-electron chi connectivity index (χ1n) is 7.53. The van der Waals surface area contributed by atoms with Crippen molar-refractivity contribution in [1.82, 2.24) is 0 Å². The van der Waals surface area contributed by atoms with Crippen molar-refractivity contribution in [2.75, 3.05) is 0 Å². The third kappa shape index (κ3) is 5.41. The van der Waals surface area contributed by atoms with Gasteiger partial charge < -0.3 is 4.74 Å². The fourth-order valence-electron chi connectivity index (χ4n) is 2.91. The second kappa shape index (κ2) is 6.58. The molecule has 0 N–H and O–H groups in total. The highest BCUT2D eigenvalue weighted by atomic mass is 16.6. The van der Waals surface area contributed by atoms with E-state index in [0.717, 1.165) is 11.8 Å². The minimum Gasteiger partial charge on any atom is -0.460 e. The molecule has 1 aliphatic rings. The maximum Gasteiger partial charge on any atom is 0.306 e. The van der Waals surface area contributed by atoms with Crippen LogP contribution in [0.15, 0.2) is 0 Å². The van der Waals surface area contributed by atoms with Crippen LogP contribution in [0.4, 0.5) is 0 Å². The lowest BCUT2D eigenvalue weighted by Crippen LogP contribution is -2.27. The van der Waals surface area contributed by atoms with Gasteiger partial charge in [0.2, 0.25) is 0 Å². The highest BCUT2D eigenvalue weighted by Crippen LogP contribution is 2.36. The number of hydrogen-bond donors (Lipinski definition) is 0. The van der Waals surface area contributed by atoms with Gasteiger partial charge in [0.05, 0.1) is 0 Å². The zero-order chi connectivity index (χ0) is 13.8. The zero-order valence-electron chi connectivity index (χ0n) is 12.8. The highest BCUT2D eigenvalue weighted by Gasteiger charge is 2.27. The van der Waals surface area contributed by atoms with Crippen molar-refractivity contribution in [1.29, 1.82) is 0 Å². The average molecular weight is 254 g/mol. The van der Waals surface area contributed by atoms with E-state index in [0.29, 0.717) is 12.3 Å². The summed E-state index contributed by atoms with van der Waals surface area (Å²) in [5.74, 6) is 2.26. The Hall–Kier alpha value is -0.530. The molecule has 1 rings (SSSR count). The summed E-state index contributed by atoms with van der Waals surface area (Å²) in [6.07, 6.45) is 6.89. The minimum atomic E-state index is -0.342. The first-order chi connectivity index (χ1) is 8.31. The van der Waals surface area contributed by atoms with Crippen LogP contribution in [0, 0.1) is 17.8 Å². The maximum atomic E-state index is 11.8. The van der Waals surface area contributed by atoms with E-state index in [1.807, 2.05) is 20.8 Å². The molecule has 2 nitrogen and oxygen atoms in total. The monoisotopic (exact) mass is 254 g/mol. The van der Waals surface area contributed by atoms with Crippen molar-refractivity contribution >= 4 is 5.97 Å². The Morgan fingerprint density at radius 1 is 1.22 bits per heavy atom. The maximum absolute atomic E-state index is 11.8. The molecule has 1 unspecified atom stereocenters. The van der Waals surface area contributed by atoms with E-state index < -0.39 is 0 Å². The molecule has 0 bridgehead atoms. The van der Waals surface area contributed by atoms with Crippen LogP contribution in [0.3, 0.4) is 0 Å². The average Bonchev–Trinajstić information content (AvgIpc) is 2.26. The molecule has 2 heteroatoms. The van der Waals surface area contributed by atoms with Gasteiger partial charge >= 0.3 is 5.97 Å². The fourth-order valence-corrected chi connectivity index (χ4v) is 2.91. The van der Waals surface area contributed by atoms with Crippen molar-refractivity contribution in [3.05, 3.63) is 0 Å². The topological polar surface area (TPSA) is 26.3 Å². The minimum absolute atomic E-state index is 0.0190. The first-order valence-corrected chi connectivity index (χ1v) is 7.53. The van der Waals surface area contributed by atoms with Gasteiger partial charge in [-0.2, -0.15) is 0 Å². The van der Waals surface area contributed by atoms with Gasteiger partial charge in [0.25, 0.3) is 0 Å². The normalized spacial score (nSPS) is 26.7. The molecule has 0 heterocycles. The van der Waals surface area contributed by atoms with Crippen molar-refractivity contribution < 1.29 is 9.53 Å². The van der Waals surface area contributed by atoms with Gasteiger partial charge in [-0.15, -0.1) is 0 Å². The van der Waals surface area contributed by atoms with E-state index in [2.05, 4.69) is 13.8 Å². The van der Waals surface area contributed by atoms with Gasteiger partial charge in [-0.25, -0.2) is 0 Å². The molecule has 0 aromatic carbocycles. The number of carbonyl (C=O) groups is 1. The van der Waals surface area contributed by atoms with E-state index in [1.54, 1.807) is 0 Å². The van der Waals surface area contributed by atoms with Crippen molar-refractivity contribution in [3.8, 4) is 0 Å². The number of rotatable bonds is 4. The Balaban J connectivity index is 2.29. The molecule has 0 amide bonds. The predicted octanol–water partition coefficient (Wildman–Crippen LogP) is 4.57. The van der Waals surface area contributed by atoms with Crippen LogP contribution < -0.4 is 0 Å². The molecule has 1 atom stereocenters. The molecule has 18 heavy (non-hydrogen) atoms. The predicted molar refractivity (Wildman–Crippen MR) is 75.4 cm³/mol. The van der Waals surface area contributed by atoms with E-state index in [4.69, 9.17) is 4.74 Å². The summed E-state index contributed by atoms with van der Waals surface area (Å²) in [6, 6.07) is 0. The van der Waals surface area contributed by atoms with Crippen LogP contribution in [0.25, 0.3) is 0 Å². The summed E-state index contributed by atoms with van der Waals surface area (Å²) in [5, 5.41) is 0. The molecule has 0 radical (unpaired) electrons. The number of hydrogen-bond acceptors (Lipinski definition) is 2. The molecule has 0 saturated heterocycles. The molecule has 106 valence electrons. The Morgan fingerprint density at radius 2 is 1.78 bits per heavy atom. The van der Waals surface area contributed by atoms with Crippen LogP contribution in [-0.2, 0) is 9.53 Å². The van der Waals surface area contributed by atoms with E-state index in [-0.39, 0.29) is 11.6 Å². The van der Waals surface area contributed by atoms with Gasteiger partial charge in [0, 0.05) is 6.42 Å². The van der Waals surface area contributed by atoms with Crippen LogP contribution in [-0.4, -0.2) is 11.6 Å². The fraction of sp³-hybridized carbons (Fsp3) is 0.938. The van der Waals surface area contributed by atoms with Gasteiger partial charge in [0.15, 0.2) is 0 Å². The highest BCUT2D eigenvalue weighted by molar-refractivity contribution is 5.70. The number of carbonyl (C=O) groups excluding carboxylic acids is 1. The molecular weight excluding hydrogens is 224 g/mol. The largest absolute Gasteiger partial charge is 0.460 e. The van der Waals surface area contributed by atoms with Gasteiger partial charge in [-0.3, -0.25) is 4.79 Å². The molecule has 0 aromatic rings. The van der Waals surface area contributed by atoms with Gasteiger partial charge in [-0.1, -0.05) is 20.3 Å². The smallest absolute Gasteiger partial charge is 0.306 e. The molecule has 1 saturated carbocycles. The summed E-state index contributed by atoms with van der Waals surface area (Å²) < 4.78 is 5.40. The standard InChI is InChI=1S/C16H30O2/c1-6-12(2)14-9-7-13(8-10-14)11-15(17)18-16(3,4)5/h12-14H,6-11H2,1-5H3. The molecule has 0 aromatic heterocycles. The van der Waals surface area contributed by atoms with Crippen molar-refractivity contribution in [2.24, 2.45) is 17.8 Å². The van der Waals surface area contributed by atoms with E-state index in [1.165, 1.54) is 32.1 Å². The Kier molecular flexibility index (Phi) is 5.68. The lowest BCUT2D eigenvalue weighted by molar-refractivity contribution is -0.156. The summed E-state index contributed by atoms with van der Waals surface area (Å²) in [6.45, 7) is 10.4. The third-order valence-electron chi connectivity index (χ3n) is 4.22. The van der Waals surface area contributed by atoms with Crippen LogP contribution in [0.5, 0.6) is 0 Å². The summed E-state index contributed by atoms with van der Waals surface area (Å²) >= 11 is 0. The Labute approximate surface area is 112 Å². The quantitative estimate of drug-likeness (QED) is 0.687. The van der Waals surface area contributed by atoms with Gasteiger partial charge in [-0.05, 0) is 64.2 Å². The Morgan fingerprint density at radius 3 is 2.22 bits per heavy atom. The number of ether oxygens (including phenoxy) is 1. The number of esters is 1. The SMILES string of the molecule is CCC(C)C1CCC(CC(=O)OC(C)(C)C)CC1. The van der Waals surface area contributed by atoms with Gasteiger partial charge in [0.1, 0.15) is 5.60 Å². The Bertz CT molecular complexity index is 257. The van der Waals surface area contributed by atoms with E-state index >= 15 is 0 Å². The third-order valence-corrected chi connectivity index (χ3v) is 4.22. The van der Waals surface area contributed by atoms with Crippen molar-refractivity contribution in [3.63, 3.8) is 0 Å². The second-order valence-corrected chi connectivity index (χ2v) is 6.96. The summed E-state index contributed by atoms with van der Waals surface area (Å²) in [7, 11) is 0. The molecule has 0 spiro atoms. The van der Waals surface area contributed by atoms with Crippen LogP contribution in [0.2, 0.25) is 0 Å². The molecule has 1 fully saturated rings. The van der Waals surface area contributed by atoms with Crippen LogP contribution >= 0.6 is 0 Å². The second-order valence-electron chi connectivity index (χ2n) is 6.96.